The molecular formula is C18H15F2N5O4. The number of carbonyl (C=O) groups excluding carboxylic acids is 1. The lowest BCUT2D eigenvalue weighted by molar-refractivity contribution is 0.0696. The Balaban J connectivity index is 2.03. The second-order valence-corrected chi connectivity index (χ2v) is 5.99. The van der Waals surface area contributed by atoms with E-state index in [9.17, 15) is 23.2 Å². The van der Waals surface area contributed by atoms with E-state index in [4.69, 9.17) is 5.11 Å². The van der Waals surface area contributed by atoms with Gasteiger partial charge in [0.1, 0.15) is 5.69 Å². The Bertz CT molecular complexity index is 1150. The van der Waals surface area contributed by atoms with E-state index in [1.165, 1.54) is 23.1 Å². The van der Waals surface area contributed by atoms with Crippen LogP contribution in [0.5, 0.6) is 0 Å². The number of rotatable bonds is 4. The number of aromatic carboxylic acids is 1. The molecule has 150 valence electrons. The van der Waals surface area contributed by atoms with Crippen LogP contribution >= 0.6 is 0 Å². The highest BCUT2D eigenvalue weighted by molar-refractivity contribution is 5.95. The molecule has 0 radical (unpaired) electrons. The van der Waals surface area contributed by atoms with Crippen LogP contribution in [0.3, 0.4) is 0 Å². The van der Waals surface area contributed by atoms with Crippen molar-refractivity contribution < 1.29 is 23.5 Å². The zero-order valence-corrected chi connectivity index (χ0v) is 15.3. The van der Waals surface area contributed by atoms with Gasteiger partial charge in [-0.15, -0.1) is 4.68 Å². The number of carbonyl (C=O) groups is 2. The number of hydrogen-bond donors (Lipinski definition) is 1. The molecule has 11 heteroatoms. The Morgan fingerprint density at radius 1 is 1.14 bits per heavy atom. The van der Waals surface area contributed by atoms with Crippen molar-refractivity contribution in [2.75, 3.05) is 11.4 Å². The van der Waals surface area contributed by atoms with Crippen LogP contribution < -0.4 is 10.6 Å². The molecule has 0 fully saturated rings. The minimum atomic E-state index is -1.16. The third-order valence-corrected chi connectivity index (χ3v) is 4.19. The topological polar surface area (TPSA) is 110 Å². The molecule has 1 N–H and O–H groups in total. The largest absolute Gasteiger partial charge is 0.478 e. The van der Waals surface area contributed by atoms with E-state index in [2.05, 4.69) is 10.4 Å². The number of para-hydroxylation sites is 1. The van der Waals surface area contributed by atoms with Gasteiger partial charge < -0.3 is 5.11 Å². The van der Waals surface area contributed by atoms with Gasteiger partial charge in [0.15, 0.2) is 11.6 Å². The molecule has 29 heavy (non-hydrogen) atoms. The van der Waals surface area contributed by atoms with Crippen molar-refractivity contribution in [3.63, 3.8) is 0 Å². The van der Waals surface area contributed by atoms with Crippen LogP contribution in [0.4, 0.5) is 19.3 Å². The Hall–Kier alpha value is -3.89. The second-order valence-electron chi connectivity index (χ2n) is 5.99. The first-order valence-corrected chi connectivity index (χ1v) is 8.41. The lowest BCUT2D eigenvalue weighted by Gasteiger charge is -2.21. The quantitative estimate of drug-likeness (QED) is 0.669. The summed E-state index contributed by atoms with van der Waals surface area (Å²) in [5.74, 6) is -3.21. The van der Waals surface area contributed by atoms with Crippen LogP contribution in [0, 0.1) is 18.6 Å². The molecular weight excluding hydrogens is 388 g/mol. The molecule has 0 atom stereocenters. The van der Waals surface area contributed by atoms with Crippen LogP contribution in [0.25, 0.3) is 5.69 Å². The number of carboxylic acids is 1. The summed E-state index contributed by atoms with van der Waals surface area (Å²) >= 11 is 0. The molecule has 0 aliphatic rings. The third-order valence-electron chi connectivity index (χ3n) is 4.19. The van der Waals surface area contributed by atoms with Crippen LogP contribution in [0.2, 0.25) is 0 Å². The van der Waals surface area contributed by atoms with Crippen LogP contribution in [-0.4, -0.2) is 43.4 Å². The number of anilines is 1. The van der Waals surface area contributed by atoms with Crippen LogP contribution in [-0.2, 0) is 0 Å². The third kappa shape index (κ3) is 3.49. The van der Waals surface area contributed by atoms with Crippen molar-refractivity contribution in [2.45, 2.75) is 13.8 Å². The number of aryl methyl sites for hydroxylation is 1. The maximum absolute atomic E-state index is 14.0. The van der Waals surface area contributed by atoms with E-state index < -0.39 is 35.0 Å². The number of nitrogens with zero attached hydrogens (tertiary/aromatic N) is 5. The van der Waals surface area contributed by atoms with Gasteiger partial charge in [-0.3, -0.25) is 4.90 Å². The van der Waals surface area contributed by atoms with Gasteiger partial charge in [-0.1, -0.05) is 6.07 Å². The first kappa shape index (κ1) is 19.9. The number of aromatic nitrogens is 4. The summed E-state index contributed by atoms with van der Waals surface area (Å²) in [6.07, 6.45) is 0. The number of amides is 1. The summed E-state index contributed by atoms with van der Waals surface area (Å²) in [7, 11) is 0. The normalized spacial score (nSPS) is 10.8. The monoisotopic (exact) mass is 403 g/mol. The predicted octanol–water partition coefficient (Wildman–Crippen LogP) is 2.21. The first-order chi connectivity index (χ1) is 13.8. The molecule has 0 saturated carbocycles. The fraction of sp³-hybridized carbons (Fsp3) is 0.167. The molecule has 3 aromatic rings. The first-order valence-electron chi connectivity index (χ1n) is 8.41. The average molecular weight is 403 g/mol. The van der Waals surface area contributed by atoms with Gasteiger partial charge >= 0.3 is 17.7 Å². The fourth-order valence-electron chi connectivity index (χ4n) is 2.81. The van der Waals surface area contributed by atoms with Crippen LogP contribution in [0.1, 0.15) is 22.8 Å². The van der Waals surface area contributed by atoms with Crippen molar-refractivity contribution >= 4 is 17.7 Å². The zero-order valence-electron chi connectivity index (χ0n) is 15.3. The van der Waals surface area contributed by atoms with E-state index >= 15 is 0 Å². The lowest BCUT2D eigenvalue weighted by atomic mass is 10.1. The molecule has 0 saturated heterocycles. The fourth-order valence-corrected chi connectivity index (χ4v) is 2.81. The summed E-state index contributed by atoms with van der Waals surface area (Å²) in [6, 6.07) is 6.21. The van der Waals surface area contributed by atoms with E-state index in [-0.39, 0.29) is 12.1 Å². The number of benzene rings is 2. The summed E-state index contributed by atoms with van der Waals surface area (Å²) in [4.78, 5) is 37.6. The Morgan fingerprint density at radius 2 is 1.79 bits per heavy atom. The molecule has 1 amide bonds. The number of carboxylic acid groups (broad SMARTS) is 1. The van der Waals surface area contributed by atoms with Gasteiger partial charge in [0.2, 0.25) is 0 Å². The number of hydrogen-bond acceptors (Lipinski definition) is 5. The molecule has 1 heterocycles. The Kier molecular flexibility index (Phi) is 5.22. The summed E-state index contributed by atoms with van der Waals surface area (Å²) in [5, 5.41) is 15.9. The van der Waals surface area contributed by atoms with Crippen molar-refractivity contribution in [1.82, 2.24) is 19.8 Å². The van der Waals surface area contributed by atoms with Crippen LogP contribution in [0.15, 0.2) is 41.2 Å². The van der Waals surface area contributed by atoms with Gasteiger partial charge in [-0.25, -0.2) is 23.2 Å². The molecule has 2 aromatic carbocycles. The average Bonchev–Trinajstić information content (AvgIpc) is 3.04. The second kappa shape index (κ2) is 7.62. The van der Waals surface area contributed by atoms with Gasteiger partial charge in [0, 0.05) is 12.2 Å². The van der Waals surface area contributed by atoms with Gasteiger partial charge in [0.25, 0.3) is 0 Å². The number of tetrazole rings is 1. The standard InChI is InChI=1S/C18H15F2N5O4/c1-3-23(14-8-7-11(16(26)27)9-10(14)2)17(28)25-18(29)24(21-22-25)15-12(19)5-4-6-13(15)20/h4-9H,3H2,1-2H3,(H,26,27). The molecule has 0 aliphatic carbocycles. The van der Waals surface area contributed by atoms with Crippen molar-refractivity contribution in [3.8, 4) is 5.69 Å². The van der Waals surface area contributed by atoms with E-state index in [1.54, 1.807) is 13.8 Å². The highest BCUT2D eigenvalue weighted by atomic mass is 19.1. The van der Waals surface area contributed by atoms with E-state index in [1.807, 2.05) is 0 Å². The lowest BCUT2D eigenvalue weighted by Crippen LogP contribution is -2.41. The van der Waals surface area contributed by atoms with Crippen molar-refractivity contribution in [2.24, 2.45) is 0 Å². The smallest absolute Gasteiger partial charge is 0.377 e. The van der Waals surface area contributed by atoms with Crippen molar-refractivity contribution in [3.05, 3.63) is 69.6 Å². The molecule has 0 bridgehead atoms. The maximum Gasteiger partial charge on any atom is 0.377 e. The summed E-state index contributed by atoms with van der Waals surface area (Å²) in [5.41, 5.74) is -1.05. The zero-order chi connectivity index (χ0) is 21.3. The summed E-state index contributed by atoms with van der Waals surface area (Å²) < 4.78 is 28.6. The van der Waals surface area contributed by atoms with Gasteiger partial charge in [-0.2, -0.15) is 4.68 Å². The minimum Gasteiger partial charge on any atom is -0.478 e. The minimum absolute atomic E-state index is 0.0351. The Morgan fingerprint density at radius 3 is 2.34 bits per heavy atom. The van der Waals surface area contributed by atoms with Gasteiger partial charge in [0.05, 0.1) is 5.56 Å². The summed E-state index contributed by atoms with van der Waals surface area (Å²) in [6.45, 7) is 3.35. The molecule has 0 aliphatic heterocycles. The molecule has 0 unspecified atom stereocenters. The van der Waals surface area contributed by atoms with Crippen molar-refractivity contribution in [1.29, 1.82) is 0 Å². The van der Waals surface area contributed by atoms with E-state index in [0.717, 1.165) is 18.2 Å². The van der Waals surface area contributed by atoms with Gasteiger partial charge in [-0.05, 0) is 60.2 Å². The Labute approximate surface area is 162 Å². The highest BCUT2D eigenvalue weighted by Gasteiger charge is 2.25. The SMILES string of the molecule is CCN(C(=O)n1nnn(-c2c(F)cccc2F)c1=O)c1ccc(C(=O)O)cc1C. The molecule has 3 rings (SSSR count). The molecule has 0 spiro atoms. The predicted molar refractivity (Wildman–Crippen MR) is 97.5 cm³/mol. The maximum atomic E-state index is 14.0. The van der Waals surface area contributed by atoms with E-state index in [0.29, 0.717) is 20.6 Å². The number of halogens is 2. The molecule has 1 aromatic heterocycles. The molecule has 9 nitrogen and oxygen atoms in total. The highest BCUT2D eigenvalue weighted by Crippen LogP contribution is 2.22.